The third-order valence-electron chi connectivity index (χ3n) is 2.90. The predicted octanol–water partition coefficient (Wildman–Crippen LogP) is 1.41. The SMILES string of the molecule is O=C=NCCCCCCN=C=O.O=C=NCCCCN=C=O.OCCCCO. The number of aliphatic imine (C=N–C) groups is 4. The quantitative estimate of drug-likeness (QED) is 0.241. The van der Waals surface area contributed by atoms with E-state index >= 15 is 0 Å². The Labute approximate surface area is 165 Å². The van der Waals surface area contributed by atoms with E-state index in [0.717, 1.165) is 51.4 Å². The summed E-state index contributed by atoms with van der Waals surface area (Å²) < 4.78 is 0. The molecular formula is C18H30N4O6. The van der Waals surface area contributed by atoms with E-state index in [1.807, 2.05) is 0 Å². The minimum Gasteiger partial charge on any atom is -0.396 e. The van der Waals surface area contributed by atoms with Crippen LogP contribution in [0.4, 0.5) is 0 Å². The number of hydrogen-bond donors (Lipinski definition) is 2. The Morgan fingerprint density at radius 1 is 0.429 bits per heavy atom. The molecule has 0 aliphatic heterocycles. The standard InChI is InChI=1S/C8H12N2O2.C6H8N2O2.C4H10O2/c11-7-9-5-3-1-2-4-6-10-8-12;9-5-7-3-1-2-4-8-6-10;5-3-1-2-4-6/h1-6H2;1-4H2;5-6H,1-4H2. The zero-order chi connectivity index (χ0) is 21.6. The summed E-state index contributed by atoms with van der Waals surface area (Å²) in [7, 11) is 0. The van der Waals surface area contributed by atoms with Gasteiger partial charge >= 0.3 is 0 Å². The lowest BCUT2D eigenvalue weighted by Crippen LogP contribution is -1.85. The van der Waals surface area contributed by atoms with Gasteiger partial charge in [-0.05, 0) is 38.5 Å². The molecule has 0 aromatic carbocycles. The van der Waals surface area contributed by atoms with Crippen molar-refractivity contribution in [1.29, 1.82) is 0 Å². The summed E-state index contributed by atoms with van der Waals surface area (Å²) in [6.07, 6.45) is 12.6. The van der Waals surface area contributed by atoms with E-state index in [1.54, 1.807) is 0 Å². The molecule has 0 aromatic heterocycles. The Hall–Kier alpha value is -2.56. The van der Waals surface area contributed by atoms with Crippen LogP contribution >= 0.6 is 0 Å². The van der Waals surface area contributed by atoms with E-state index in [2.05, 4.69) is 20.0 Å². The first kappa shape index (κ1) is 30.2. The van der Waals surface area contributed by atoms with Gasteiger partial charge in [0.05, 0.1) is 26.2 Å². The summed E-state index contributed by atoms with van der Waals surface area (Å²) in [5.74, 6) is 0. The van der Waals surface area contributed by atoms with Crippen LogP contribution in [0.2, 0.25) is 0 Å². The topological polar surface area (TPSA) is 158 Å². The summed E-state index contributed by atoms with van der Waals surface area (Å²) in [4.78, 5) is 51.8. The van der Waals surface area contributed by atoms with Gasteiger partial charge in [0.1, 0.15) is 0 Å². The van der Waals surface area contributed by atoms with Crippen molar-refractivity contribution < 1.29 is 29.4 Å². The largest absolute Gasteiger partial charge is 0.396 e. The second kappa shape index (κ2) is 35.5. The van der Waals surface area contributed by atoms with Gasteiger partial charge in [-0.1, -0.05) is 12.8 Å². The van der Waals surface area contributed by atoms with Crippen molar-refractivity contribution in [3.63, 3.8) is 0 Å². The fraction of sp³-hybridized carbons (Fsp3) is 0.778. The van der Waals surface area contributed by atoms with Crippen LogP contribution in [-0.2, 0) is 19.2 Å². The fourth-order valence-electron chi connectivity index (χ4n) is 1.52. The number of unbranched alkanes of at least 4 members (excludes halogenated alkanes) is 5. The van der Waals surface area contributed by atoms with Crippen molar-refractivity contribution in [2.24, 2.45) is 20.0 Å². The maximum atomic E-state index is 9.63. The molecule has 10 nitrogen and oxygen atoms in total. The third kappa shape index (κ3) is 43.7. The number of rotatable bonds is 15. The zero-order valence-corrected chi connectivity index (χ0v) is 16.2. The van der Waals surface area contributed by atoms with Gasteiger partial charge in [0.2, 0.25) is 24.3 Å². The minimum atomic E-state index is 0.195. The number of aliphatic hydroxyl groups excluding tert-OH is 2. The lowest BCUT2D eigenvalue weighted by Gasteiger charge is -1.93. The predicted molar refractivity (Wildman–Crippen MR) is 103 cm³/mol. The second-order valence-corrected chi connectivity index (χ2v) is 5.17. The van der Waals surface area contributed by atoms with Crippen molar-refractivity contribution in [1.82, 2.24) is 0 Å². The summed E-state index contributed by atoms with van der Waals surface area (Å²) in [6, 6.07) is 0. The Morgan fingerprint density at radius 2 is 0.679 bits per heavy atom. The Kier molecular flexibility index (Phi) is 38.3. The van der Waals surface area contributed by atoms with E-state index in [-0.39, 0.29) is 13.2 Å². The number of carbonyl (C=O) groups excluding carboxylic acids is 4. The van der Waals surface area contributed by atoms with E-state index < -0.39 is 0 Å². The van der Waals surface area contributed by atoms with Gasteiger partial charge in [-0.15, -0.1) is 0 Å². The van der Waals surface area contributed by atoms with Crippen molar-refractivity contribution in [3.8, 4) is 0 Å². The van der Waals surface area contributed by atoms with Gasteiger partial charge in [-0.3, -0.25) is 0 Å². The molecule has 28 heavy (non-hydrogen) atoms. The molecule has 0 bridgehead atoms. The van der Waals surface area contributed by atoms with Gasteiger partial charge in [-0.2, -0.15) is 0 Å². The summed E-state index contributed by atoms with van der Waals surface area (Å²) >= 11 is 0. The zero-order valence-electron chi connectivity index (χ0n) is 16.2. The highest BCUT2D eigenvalue weighted by atomic mass is 16.3. The molecule has 0 aliphatic rings. The molecule has 0 radical (unpaired) electrons. The van der Waals surface area contributed by atoms with Crippen molar-refractivity contribution in [3.05, 3.63) is 0 Å². The smallest absolute Gasteiger partial charge is 0.234 e. The van der Waals surface area contributed by atoms with Crippen LogP contribution in [0, 0.1) is 0 Å². The summed E-state index contributed by atoms with van der Waals surface area (Å²) in [5, 5.41) is 16.2. The van der Waals surface area contributed by atoms with Gasteiger partial charge in [0.15, 0.2) is 0 Å². The molecule has 0 rings (SSSR count). The highest BCUT2D eigenvalue weighted by Gasteiger charge is 1.88. The number of isocyanates is 4. The van der Waals surface area contributed by atoms with Crippen LogP contribution in [0.5, 0.6) is 0 Å². The monoisotopic (exact) mass is 398 g/mol. The maximum Gasteiger partial charge on any atom is 0.234 e. The van der Waals surface area contributed by atoms with E-state index in [0.29, 0.717) is 26.2 Å². The molecule has 158 valence electrons. The van der Waals surface area contributed by atoms with E-state index in [1.165, 1.54) is 24.3 Å². The molecule has 0 saturated carbocycles. The van der Waals surface area contributed by atoms with Gasteiger partial charge in [0, 0.05) is 13.2 Å². The maximum absolute atomic E-state index is 9.63. The fourth-order valence-corrected chi connectivity index (χ4v) is 1.52. The molecule has 10 heteroatoms. The van der Waals surface area contributed by atoms with Crippen molar-refractivity contribution in [2.45, 2.75) is 51.4 Å². The van der Waals surface area contributed by atoms with Crippen molar-refractivity contribution in [2.75, 3.05) is 39.4 Å². The molecule has 0 saturated heterocycles. The molecule has 2 N–H and O–H groups in total. The number of nitrogens with zero attached hydrogens (tertiary/aromatic N) is 4. The molecule has 0 spiro atoms. The highest BCUT2D eigenvalue weighted by Crippen LogP contribution is 1.99. The van der Waals surface area contributed by atoms with Gasteiger partial charge < -0.3 is 10.2 Å². The van der Waals surface area contributed by atoms with Crippen LogP contribution in [-0.4, -0.2) is 73.9 Å². The van der Waals surface area contributed by atoms with Crippen LogP contribution in [0.25, 0.3) is 0 Å². The van der Waals surface area contributed by atoms with Gasteiger partial charge in [-0.25, -0.2) is 39.1 Å². The Morgan fingerprint density at radius 3 is 0.893 bits per heavy atom. The molecule has 0 aliphatic carbocycles. The van der Waals surface area contributed by atoms with Crippen LogP contribution in [0.1, 0.15) is 51.4 Å². The third-order valence-corrected chi connectivity index (χ3v) is 2.90. The number of aliphatic hydroxyl groups is 2. The minimum absolute atomic E-state index is 0.195. The Balaban J connectivity index is -0.000000354. The summed E-state index contributed by atoms with van der Waals surface area (Å²) in [6.45, 7) is 2.44. The number of hydrogen-bond acceptors (Lipinski definition) is 10. The average Bonchev–Trinajstić information content (AvgIpc) is 2.72. The first-order chi connectivity index (χ1) is 13.7. The van der Waals surface area contributed by atoms with E-state index in [9.17, 15) is 19.2 Å². The molecule has 0 unspecified atom stereocenters. The molecular weight excluding hydrogens is 368 g/mol. The Bertz CT molecular complexity index is 458. The normalized spacial score (nSPS) is 8.21. The average molecular weight is 398 g/mol. The molecule has 0 atom stereocenters. The lowest BCUT2D eigenvalue weighted by molar-refractivity contribution is 0.242. The lowest BCUT2D eigenvalue weighted by atomic mass is 10.2. The highest BCUT2D eigenvalue weighted by molar-refractivity contribution is 5.33. The summed E-state index contributed by atoms with van der Waals surface area (Å²) in [5.41, 5.74) is 0. The molecule has 0 fully saturated rings. The van der Waals surface area contributed by atoms with Crippen LogP contribution in [0.3, 0.4) is 0 Å². The molecule has 0 aromatic rings. The van der Waals surface area contributed by atoms with Gasteiger partial charge in [0.25, 0.3) is 0 Å². The van der Waals surface area contributed by atoms with E-state index in [4.69, 9.17) is 10.2 Å². The second-order valence-electron chi connectivity index (χ2n) is 5.17. The van der Waals surface area contributed by atoms with Crippen LogP contribution < -0.4 is 0 Å². The van der Waals surface area contributed by atoms with Crippen LogP contribution in [0.15, 0.2) is 20.0 Å². The first-order valence-electron chi connectivity index (χ1n) is 9.11. The molecule has 0 amide bonds. The van der Waals surface area contributed by atoms with Crippen molar-refractivity contribution >= 4 is 24.3 Å². The molecule has 0 heterocycles. The first-order valence-corrected chi connectivity index (χ1v) is 9.11.